The quantitative estimate of drug-likeness (QED) is 0.225. The van der Waals surface area contributed by atoms with Gasteiger partial charge < -0.3 is 9.15 Å². The topological polar surface area (TPSA) is 53.1 Å². The van der Waals surface area contributed by atoms with E-state index in [1.807, 2.05) is 60.7 Å². The average Bonchev–Trinajstić information content (AvgIpc) is 3.35. The Hall–Kier alpha value is -2.51. The summed E-state index contributed by atoms with van der Waals surface area (Å²) in [4.78, 5) is 0. The number of aromatic nitrogens is 3. The van der Waals surface area contributed by atoms with E-state index >= 15 is 0 Å². The molecule has 4 rings (SSSR count). The van der Waals surface area contributed by atoms with Gasteiger partial charge in [-0.25, -0.2) is 0 Å². The maximum atomic E-state index is 5.77. The number of hydrogen-bond acceptors (Lipinski definition) is 5. The lowest BCUT2D eigenvalue weighted by Crippen LogP contribution is -2.05. The molecule has 2 heterocycles. The number of halogens is 1. The van der Waals surface area contributed by atoms with Gasteiger partial charge in [-0.15, -0.1) is 10.2 Å². The Labute approximate surface area is 182 Å². The first-order chi connectivity index (χ1) is 14.3. The zero-order valence-corrected chi connectivity index (χ0v) is 18.1. The van der Waals surface area contributed by atoms with Crippen molar-refractivity contribution in [3.05, 3.63) is 83.0 Å². The van der Waals surface area contributed by atoms with Crippen LogP contribution in [0.15, 0.2) is 87.0 Å². The van der Waals surface area contributed by atoms with E-state index in [-0.39, 0.29) is 0 Å². The van der Waals surface area contributed by atoms with Crippen molar-refractivity contribution >= 4 is 27.7 Å². The van der Waals surface area contributed by atoms with E-state index in [1.54, 1.807) is 11.8 Å². The van der Waals surface area contributed by atoms with Gasteiger partial charge in [-0.1, -0.05) is 60.3 Å². The van der Waals surface area contributed by atoms with E-state index in [9.17, 15) is 0 Å². The Kier molecular flexibility index (Phi) is 6.69. The van der Waals surface area contributed by atoms with Crippen LogP contribution in [0.1, 0.15) is 12.0 Å². The highest BCUT2D eigenvalue weighted by atomic mass is 79.9. The summed E-state index contributed by atoms with van der Waals surface area (Å²) in [6, 6.07) is 23.9. The minimum Gasteiger partial charge on any atom is -0.494 e. The van der Waals surface area contributed by atoms with Crippen LogP contribution < -0.4 is 4.74 Å². The van der Waals surface area contributed by atoms with Crippen LogP contribution in [0.25, 0.3) is 11.6 Å². The number of nitrogens with zero attached hydrogens (tertiary/aromatic N) is 3. The Bertz CT molecular complexity index is 1030. The van der Waals surface area contributed by atoms with E-state index < -0.39 is 0 Å². The van der Waals surface area contributed by atoms with Crippen LogP contribution in [-0.2, 0) is 6.54 Å². The van der Waals surface area contributed by atoms with Gasteiger partial charge in [0.15, 0.2) is 15.6 Å². The van der Waals surface area contributed by atoms with Crippen LogP contribution in [0, 0.1) is 0 Å². The van der Waals surface area contributed by atoms with Crippen molar-refractivity contribution in [2.75, 3.05) is 12.4 Å². The van der Waals surface area contributed by atoms with Crippen LogP contribution in [-0.4, -0.2) is 27.1 Å². The van der Waals surface area contributed by atoms with Gasteiger partial charge in [0.25, 0.3) is 0 Å². The van der Waals surface area contributed by atoms with Gasteiger partial charge in [0.1, 0.15) is 5.75 Å². The summed E-state index contributed by atoms with van der Waals surface area (Å²) in [6.07, 6.45) is 0.916. The van der Waals surface area contributed by atoms with Crippen molar-refractivity contribution in [1.29, 1.82) is 0 Å². The maximum absolute atomic E-state index is 5.77. The lowest BCUT2D eigenvalue weighted by molar-refractivity contribution is 0.318. The van der Waals surface area contributed by atoms with Crippen molar-refractivity contribution in [3.8, 4) is 17.3 Å². The highest BCUT2D eigenvalue weighted by Gasteiger charge is 2.17. The molecule has 0 aliphatic heterocycles. The Morgan fingerprint density at radius 2 is 1.69 bits per heavy atom. The molecule has 5 nitrogen and oxygen atoms in total. The first kappa shape index (κ1) is 19.8. The zero-order valence-electron chi connectivity index (χ0n) is 15.7. The maximum Gasteiger partial charge on any atom is 0.200 e. The summed E-state index contributed by atoms with van der Waals surface area (Å²) in [5.74, 6) is 3.21. The number of para-hydroxylation sites is 1. The molecule has 0 unspecified atom stereocenters. The fourth-order valence-corrected chi connectivity index (χ4v) is 4.01. The first-order valence-electron chi connectivity index (χ1n) is 9.33. The van der Waals surface area contributed by atoms with Crippen LogP contribution in [0.5, 0.6) is 5.75 Å². The van der Waals surface area contributed by atoms with Crippen LogP contribution in [0.2, 0.25) is 0 Å². The smallest absolute Gasteiger partial charge is 0.200 e. The molecule has 0 bridgehead atoms. The lowest BCUT2D eigenvalue weighted by Gasteiger charge is -2.10. The molecular weight excluding hydrogens is 450 g/mol. The molecule has 0 amide bonds. The zero-order chi connectivity index (χ0) is 19.9. The second-order valence-electron chi connectivity index (χ2n) is 6.35. The van der Waals surface area contributed by atoms with Crippen LogP contribution in [0.3, 0.4) is 0 Å². The molecule has 0 atom stereocenters. The highest BCUT2D eigenvalue weighted by Crippen LogP contribution is 2.28. The summed E-state index contributed by atoms with van der Waals surface area (Å²) >= 11 is 5.04. The number of hydrogen-bond donors (Lipinski definition) is 0. The van der Waals surface area contributed by atoms with Gasteiger partial charge in [0, 0.05) is 5.75 Å². The second kappa shape index (κ2) is 9.80. The van der Waals surface area contributed by atoms with E-state index in [0.717, 1.165) is 28.9 Å². The number of rotatable bonds is 9. The average molecular weight is 470 g/mol. The molecule has 0 fully saturated rings. The Balaban J connectivity index is 1.43. The predicted octanol–water partition coefficient (Wildman–Crippen LogP) is 5.91. The minimum atomic E-state index is 0.668. The lowest BCUT2D eigenvalue weighted by atomic mass is 10.2. The molecule has 2 aromatic carbocycles. The van der Waals surface area contributed by atoms with E-state index in [0.29, 0.717) is 23.6 Å². The van der Waals surface area contributed by atoms with Gasteiger partial charge in [0.05, 0.1) is 13.2 Å². The van der Waals surface area contributed by atoms with E-state index in [1.165, 1.54) is 5.56 Å². The third kappa shape index (κ3) is 5.31. The van der Waals surface area contributed by atoms with Gasteiger partial charge in [-0.05, 0) is 52.2 Å². The number of furan rings is 1. The monoisotopic (exact) mass is 469 g/mol. The molecule has 0 saturated carbocycles. The largest absolute Gasteiger partial charge is 0.494 e. The summed E-state index contributed by atoms with van der Waals surface area (Å²) in [6.45, 7) is 1.35. The summed E-state index contributed by atoms with van der Waals surface area (Å²) in [7, 11) is 0. The minimum absolute atomic E-state index is 0.668. The summed E-state index contributed by atoms with van der Waals surface area (Å²) in [5, 5.41) is 9.67. The van der Waals surface area contributed by atoms with Crippen LogP contribution >= 0.6 is 27.7 Å². The fourth-order valence-electron chi connectivity index (χ4n) is 2.85. The van der Waals surface area contributed by atoms with Crippen LogP contribution in [0.4, 0.5) is 0 Å². The molecule has 4 aromatic rings. The molecule has 0 spiro atoms. The van der Waals surface area contributed by atoms with Gasteiger partial charge in [-0.3, -0.25) is 4.57 Å². The van der Waals surface area contributed by atoms with Crippen molar-refractivity contribution < 1.29 is 9.15 Å². The van der Waals surface area contributed by atoms with Crippen molar-refractivity contribution in [2.45, 2.75) is 18.1 Å². The molecule has 0 saturated heterocycles. The molecule has 7 heteroatoms. The Morgan fingerprint density at radius 3 is 2.41 bits per heavy atom. The fraction of sp³-hybridized carbons (Fsp3) is 0.182. The van der Waals surface area contributed by atoms with Gasteiger partial charge in [0.2, 0.25) is 5.82 Å². The molecule has 148 valence electrons. The molecule has 2 aromatic heterocycles. The van der Waals surface area contributed by atoms with Gasteiger partial charge in [-0.2, -0.15) is 0 Å². The SMILES string of the molecule is Brc1ccc(-c2nnc(SCCCOc3ccccc3)n2Cc2ccccc2)o1. The number of benzene rings is 2. The highest BCUT2D eigenvalue weighted by molar-refractivity contribution is 9.10. The molecule has 29 heavy (non-hydrogen) atoms. The van der Waals surface area contributed by atoms with Crippen molar-refractivity contribution in [2.24, 2.45) is 0 Å². The second-order valence-corrected chi connectivity index (χ2v) is 8.19. The first-order valence-corrected chi connectivity index (χ1v) is 11.1. The Morgan fingerprint density at radius 1 is 0.931 bits per heavy atom. The third-order valence-corrected chi connectivity index (χ3v) is 5.70. The number of ether oxygens (including phenoxy) is 1. The molecule has 0 N–H and O–H groups in total. The molecule has 0 radical (unpaired) electrons. The molecule has 0 aliphatic rings. The standard InChI is InChI=1S/C22H20BrN3O2S/c23-20-13-12-19(28-20)21-24-25-22(26(21)16-17-8-3-1-4-9-17)29-15-7-14-27-18-10-5-2-6-11-18/h1-6,8-13H,7,14-16H2. The van der Waals surface area contributed by atoms with Crippen molar-refractivity contribution in [1.82, 2.24) is 14.8 Å². The predicted molar refractivity (Wildman–Crippen MR) is 118 cm³/mol. The van der Waals surface area contributed by atoms with Crippen molar-refractivity contribution in [3.63, 3.8) is 0 Å². The van der Waals surface area contributed by atoms with Gasteiger partial charge >= 0.3 is 0 Å². The van der Waals surface area contributed by atoms with E-state index in [4.69, 9.17) is 9.15 Å². The third-order valence-electron chi connectivity index (χ3n) is 4.23. The van der Waals surface area contributed by atoms with E-state index in [2.05, 4.69) is 42.8 Å². The molecular formula is C22H20BrN3O2S. The summed E-state index contributed by atoms with van der Waals surface area (Å²) in [5.41, 5.74) is 1.19. The molecule has 0 aliphatic carbocycles. The number of thioether (sulfide) groups is 1. The normalized spacial score (nSPS) is 10.9. The summed E-state index contributed by atoms with van der Waals surface area (Å²) < 4.78 is 14.3.